The summed E-state index contributed by atoms with van der Waals surface area (Å²) in [6.45, 7) is 8.29. The zero-order valence-corrected chi connectivity index (χ0v) is 13.5. The van der Waals surface area contributed by atoms with Crippen molar-refractivity contribution in [1.29, 1.82) is 0 Å². The van der Waals surface area contributed by atoms with Crippen LogP contribution in [-0.4, -0.2) is 65.8 Å². The van der Waals surface area contributed by atoms with Crippen molar-refractivity contribution < 1.29 is 14.2 Å². The van der Waals surface area contributed by atoms with Gasteiger partial charge >= 0.3 is 0 Å². The van der Waals surface area contributed by atoms with Crippen LogP contribution in [0.1, 0.15) is 38.5 Å². The summed E-state index contributed by atoms with van der Waals surface area (Å²) in [6, 6.07) is 0. The first-order valence-corrected chi connectivity index (χ1v) is 8.65. The Morgan fingerprint density at radius 1 is 0.381 bits per heavy atom. The van der Waals surface area contributed by atoms with Crippen molar-refractivity contribution in [3.8, 4) is 0 Å². The summed E-state index contributed by atoms with van der Waals surface area (Å²) >= 11 is 0. The molecule has 0 atom stereocenters. The van der Waals surface area contributed by atoms with Crippen LogP contribution in [0.15, 0.2) is 0 Å². The summed E-state index contributed by atoms with van der Waals surface area (Å²) < 4.78 is 16.4. The van der Waals surface area contributed by atoms with Gasteiger partial charge in [-0.15, -0.1) is 0 Å². The zero-order chi connectivity index (χ0) is 14.8. The highest BCUT2D eigenvalue weighted by Gasteiger charge is 1.95. The molecule has 1 rings (SSSR count). The van der Waals surface area contributed by atoms with Crippen LogP contribution in [-0.2, 0) is 14.2 Å². The fourth-order valence-electron chi connectivity index (χ4n) is 2.29. The van der Waals surface area contributed by atoms with Crippen molar-refractivity contribution in [2.45, 2.75) is 38.5 Å². The normalized spacial score (nSPS) is 24.0. The van der Waals surface area contributed by atoms with E-state index in [0.717, 1.165) is 39.4 Å². The Balaban J connectivity index is 2.00. The molecule has 1 aliphatic heterocycles. The molecule has 126 valence electrons. The molecular formula is C16H34N2O3. The van der Waals surface area contributed by atoms with Crippen LogP contribution in [0, 0.1) is 0 Å². The first kappa shape index (κ1) is 18.8. The number of nitrogens with one attached hydrogen (secondary N) is 2. The van der Waals surface area contributed by atoms with Gasteiger partial charge in [0.2, 0.25) is 0 Å². The van der Waals surface area contributed by atoms with Gasteiger partial charge in [0.1, 0.15) is 0 Å². The van der Waals surface area contributed by atoms with E-state index in [1.54, 1.807) is 0 Å². The summed E-state index contributed by atoms with van der Waals surface area (Å²) in [5.41, 5.74) is 0. The smallest absolute Gasteiger partial charge is 0.0701 e. The van der Waals surface area contributed by atoms with Crippen LogP contribution in [0.5, 0.6) is 0 Å². The molecule has 0 unspecified atom stereocenters. The summed E-state index contributed by atoms with van der Waals surface area (Å²) in [6.07, 6.45) is 7.95. The molecule has 21 heavy (non-hydrogen) atoms. The van der Waals surface area contributed by atoms with Crippen molar-refractivity contribution in [2.24, 2.45) is 0 Å². The van der Waals surface area contributed by atoms with Gasteiger partial charge in [0.05, 0.1) is 39.6 Å². The van der Waals surface area contributed by atoms with Crippen molar-refractivity contribution in [3.63, 3.8) is 0 Å². The van der Waals surface area contributed by atoms with E-state index in [1.165, 1.54) is 38.5 Å². The van der Waals surface area contributed by atoms with Crippen molar-refractivity contribution in [1.82, 2.24) is 10.6 Å². The van der Waals surface area contributed by atoms with Gasteiger partial charge in [0.15, 0.2) is 0 Å². The third kappa shape index (κ3) is 14.5. The molecule has 0 aromatic carbocycles. The molecule has 0 radical (unpaired) electrons. The second-order valence-electron chi connectivity index (χ2n) is 5.46. The van der Waals surface area contributed by atoms with Gasteiger partial charge in [-0.3, -0.25) is 0 Å². The van der Waals surface area contributed by atoms with Gasteiger partial charge in [-0.05, 0) is 25.9 Å². The first-order chi connectivity index (χ1) is 10.5. The second kappa shape index (κ2) is 16.2. The molecule has 0 saturated carbocycles. The number of hydrogen-bond donors (Lipinski definition) is 2. The quantitative estimate of drug-likeness (QED) is 0.711. The van der Waals surface area contributed by atoms with Crippen LogP contribution < -0.4 is 10.6 Å². The van der Waals surface area contributed by atoms with Crippen LogP contribution in [0.4, 0.5) is 0 Å². The molecule has 1 fully saturated rings. The van der Waals surface area contributed by atoms with Crippen molar-refractivity contribution in [3.05, 3.63) is 0 Å². The largest absolute Gasteiger partial charge is 0.378 e. The van der Waals surface area contributed by atoms with E-state index < -0.39 is 0 Å². The molecule has 1 aliphatic rings. The van der Waals surface area contributed by atoms with E-state index in [0.29, 0.717) is 26.4 Å². The Hall–Kier alpha value is -0.200. The van der Waals surface area contributed by atoms with Gasteiger partial charge < -0.3 is 24.8 Å². The van der Waals surface area contributed by atoms with E-state index in [2.05, 4.69) is 10.6 Å². The van der Waals surface area contributed by atoms with E-state index in [9.17, 15) is 0 Å². The lowest BCUT2D eigenvalue weighted by Gasteiger charge is -2.07. The predicted molar refractivity (Wildman–Crippen MR) is 85.9 cm³/mol. The van der Waals surface area contributed by atoms with Gasteiger partial charge in [0, 0.05) is 13.1 Å². The van der Waals surface area contributed by atoms with E-state index in [1.807, 2.05) is 0 Å². The Morgan fingerprint density at radius 3 is 1.24 bits per heavy atom. The molecule has 5 heteroatoms. The molecule has 0 spiro atoms. The van der Waals surface area contributed by atoms with Crippen molar-refractivity contribution in [2.75, 3.05) is 65.8 Å². The average Bonchev–Trinajstić information content (AvgIpc) is 2.50. The SMILES string of the molecule is C1CCCCNCCOCCOCCOCCNCCC1. The fourth-order valence-corrected chi connectivity index (χ4v) is 2.29. The van der Waals surface area contributed by atoms with Crippen molar-refractivity contribution >= 4 is 0 Å². The maximum Gasteiger partial charge on any atom is 0.0701 e. The van der Waals surface area contributed by atoms with Gasteiger partial charge in [0.25, 0.3) is 0 Å². The van der Waals surface area contributed by atoms with Crippen LogP contribution >= 0.6 is 0 Å². The number of rotatable bonds is 0. The molecule has 0 aromatic heterocycles. The Kier molecular flexibility index (Phi) is 14.5. The minimum atomic E-state index is 0.654. The van der Waals surface area contributed by atoms with Crippen LogP contribution in [0.3, 0.4) is 0 Å². The lowest BCUT2D eigenvalue weighted by atomic mass is 10.1. The van der Waals surface area contributed by atoms with Gasteiger partial charge in [-0.2, -0.15) is 0 Å². The molecular weight excluding hydrogens is 268 g/mol. The predicted octanol–water partition coefficient (Wildman–Crippen LogP) is 1.57. The highest BCUT2D eigenvalue weighted by atomic mass is 16.5. The molecule has 2 N–H and O–H groups in total. The van der Waals surface area contributed by atoms with E-state index in [-0.39, 0.29) is 0 Å². The van der Waals surface area contributed by atoms with E-state index in [4.69, 9.17) is 14.2 Å². The molecule has 1 heterocycles. The highest BCUT2D eigenvalue weighted by molar-refractivity contribution is 4.52. The fraction of sp³-hybridized carbons (Fsp3) is 1.00. The van der Waals surface area contributed by atoms with Gasteiger partial charge in [-0.1, -0.05) is 25.7 Å². The summed E-state index contributed by atoms with van der Waals surface area (Å²) in [5.74, 6) is 0. The Bertz CT molecular complexity index is 114. The summed E-state index contributed by atoms with van der Waals surface area (Å²) in [4.78, 5) is 0. The standard InChI is InChI=1S/C16H34N2O3/c1-2-4-6-8-18-10-12-20-14-16-21-15-13-19-11-9-17-7-5-3-1/h17-18H,1-16H2. The van der Waals surface area contributed by atoms with Crippen LogP contribution in [0.2, 0.25) is 0 Å². The number of hydrogen-bond acceptors (Lipinski definition) is 5. The maximum atomic E-state index is 5.49. The van der Waals surface area contributed by atoms with Crippen LogP contribution in [0.25, 0.3) is 0 Å². The molecule has 5 nitrogen and oxygen atoms in total. The lowest BCUT2D eigenvalue weighted by molar-refractivity contribution is 0.0157. The zero-order valence-electron chi connectivity index (χ0n) is 13.5. The summed E-state index contributed by atoms with van der Waals surface area (Å²) in [5, 5.41) is 6.84. The minimum Gasteiger partial charge on any atom is -0.378 e. The molecule has 0 amide bonds. The second-order valence-corrected chi connectivity index (χ2v) is 5.46. The van der Waals surface area contributed by atoms with Gasteiger partial charge in [-0.25, -0.2) is 0 Å². The molecule has 1 saturated heterocycles. The minimum absolute atomic E-state index is 0.654. The lowest BCUT2D eigenvalue weighted by Crippen LogP contribution is -2.22. The highest BCUT2D eigenvalue weighted by Crippen LogP contribution is 2.04. The first-order valence-electron chi connectivity index (χ1n) is 8.65. The van der Waals surface area contributed by atoms with E-state index >= 15 is 0 Å². The topological polar surface area (TPSA) is 51.8 Å². The summed E-state index contributed by atoms with van der Waals surface area (Å²) in [7, 11) is 0. The average molecular weight is 302 g/mol. The Morgan fingerprint density at radius 2 is 0.762 bits per heavy atom. The molecule has 0 bridgehead atoms. The Labute approximate surface area is 130 Å². The molecule has 0 aliphatic carbocycles. The molecule has 0 aromatic rings. The third-order valence-electron chi connectivity index (χ3n) is 3.55. The number of ether oxygens (including phenoxy) is 3. The third-order valence-corrected chi connectivity index (χ3v) is 3.55. The maximum absolute atomic E-state index is 5.49. The monoisotopic (exact) mass is 302 g/mol.